The van der Waals surface area contributed by atoms with Crippen molar-refractivity contribution in [1.82, 2.24) is 14.7 Å². The lowest BCUT2D eigenvalue weighted by atomic mass is 10.1. The Labute approximate surface area is 226 Å². The number of fused-ring (bicyclic) bond motifs is 1. The molecule has 190 valence electrons. The molecule has 1 fully saturated rings. The lowest BCUT2D eigenvalue weighted by Crippen LogP contribution is -2.29. The molecule has 4 aromatic rings. The van der Waals surface area contributed by atoms with E-state index in [4.69, 9.17) is 26.5 Å². The molecule has 0 saturated carbocycles. The molecular weight excluding hydrogens is 502 g/mol. The highest BCUT2D eigenvalue weighted by Gasteiger charge is 2.32. The third-order valence-corrected chi connectivity index (χ3v) is 7.75. The van der Waals surface area contributed by atoms with Crippen molar-refractivity contribution in [3.8, 4) is 22.9 Å². The van der Waals surface area contributed by atoms with Gasteiger partial charge < -0.3 is 9.15 Å². The van der Waals surface area contributed by atoms with E-state index in [1.165, 1.54) is 31.0 Å². The van der Waals surface area contributed by atoms with Gasteiger partial charge in [-0.15, -0.1) is 0 Å². The minimum absolute atomic E-state index is 0.0461. The number of carbonyl (C=O) groups is 1. The van der Waals surface area contributed by atoms with Crippen LogP contribution in [0.1, 0.15) is 44.6 Å². The second-order valence-electron chi connectivity index (χ2n) is 8.95. The van der Waals surface area contributed by atoms with Crippen LogP contribution in [0.15, 0.2) is 70.1 Å². The molecule has 2 aromatic heterocycles. The number of hydrogen-bond acceptors (Lipinski definition) is 6. The van der Waals surface area contributed by atoms with Crippen LogP contribution in [-0.2, 0) is 4.79 Å². The molecule has 1 amide bonds. The number of carbonyl (C=O) groups excluding carboxylic acids is 1. The van der Waals surface area contributed by atoms with E-state index in [0.29, 0.717) is 38.6 Å². The fourth-order valence-corrected chi connectivity index (χ4v) is 5.72. The van der Waals surface area contributed by atoms with Crippen molar-refractivity contribution in [2.45, 2.75) is 39.0 Å². The maximum absolute atomic E-state index is 13.3. The number of methoxy groups -OCH3 is 1. The van der Waals surface area contributed by atoms with E-state index in [0.717, 1.165) is 29.5 Å². The van der Waals surface area contributed by atoms with Crippen LogP contribution < -0.4 is 4.74 Å². The van der Waals surface area contributed by atoms with Crippen LogP contribution in [0, 0.1) is 0 Å². The Balaban J connectivity index is 1.50. The van der Waals surface area contributed by atoms with E-state index in [2.05, 4.69) is 6.92 Å². The summed E-state index contributed by atoms with van der Waals surface area (Å²) in [6.45, 7) is 2.86. The van der Waals surface area contributed by atoms with Crippen LogP contribution in [0.2, 0.25) is 0 Å². The Morgan fingerprint density at radius 2 is 1.89 bits per heavy atom. The van der Waals surface area contributed by atoms with Crippen molar-refractivity contribution in [2.75, 3.05) is 13.7 Å². The zero-order valence-corrected chi connectivity index (χ0v) is 22.6. The third kappa shape index (κ3) is 5.36. The van der Waals surface area contributed by atoms with Crippen LogP contribution >= 0.6 is 24.0 Å². The minimum atomic E-state index is -0.0461. The monoisotopic (exact) mass is 531 g/mol. The van der Waals surface area contributed by atoms with Gasteiger partial charge in [0.15, 0.2) is 17.1 Å². The second-order valence-corrected chi connectivity index (χ2v) is 10.6. The van der Waals surface area contributed by atoms with E-state index < -0.39 is 0 Å². The molecule has 37 heavy (non-hydrogen) atoms. The van der Waals surface area contributed by atoms with Gasteiger partial charge in [-0.2, -0.15) is 5.10 Å². The van der Waals surface area contributed by atoms with Gasteiger partial charge in [-0.25, -0.2) is 4.68 Å². The van der Waals surface area contributed by atoms with E-state index in [9.17, 15) is 4.79 Å². The SMILES string of the molecule is CCCCCCCN1C(=O)C(=Cc2cn(-c3ccccc3)nc2-c2cc3cccc(OC)c3o2)SC1=S. The Hall–Kier alpha value is -3.36. The minimum Gasteiger partial charge on any atom is -0.493 e. The average molecular weight is 532 g/mol. The number of rotatable bonds is 10. The predicted octanol–water partition coefficient (Wildman–Crippen LogP) is 7.47. The summed E-state index contributed by atoms with van der Waals surface area (Å²) >= 11 is 6.91. The summed E-state index contributed by atoms with van der Waals surface area (Å²) < 4.78 is 14.1. The number of thiocarbonyl (C=S) groups is 1. The van der Waals surface area contributed by atoms with Crippen molar-refractivity contribution < 1.29 is 13.9 Å². The first kappa shape index (κ1) is 25.3. The maximum Gasteiger partial charge on any atom is 0.266 e. The second kappa shape index (κ2) is 11.4. The smallest absolute Gasteiger partial charge is 0.266 e. The third-order valence-electron chi connectivity index (χ3n) is 6.37. The van der Waals surface area contributed by atoms with E-state index >= 15 is 0 Å². The topological polar surface area (TPSA) is 60.5 Å². The standard InChI is InChI=1S/C29H29N3O3S2/c1-3-4-5-6-10-16-31-28(33)25(37-29(31)36)18-21-19-32(22-13-8-7-9-14-22)30-26(21)24-17-20-12-11-15-23(34-2)27(20)35-24/h7-9,11-15,17-19H,3-6,10,16H2,1-2H3. The molecule has 8 heteroatoms. The van der Waals surface area contributed by atoms with E-state index in [1.807, 2.05) is 66.9 Å². The number of hydrogen-bond donors (Lipinski definition) is 0. The molecule has 0 radical (unpaired) electrons. The highest BCUT2D eigenvalue weighted by molar-refractivity contribution is 8.26. The molecule has 3 heterocycles. The number of nitrogens with zero attached hydrogens (tertiary/aromatic N) is 3. The normalized spacial score (nSPS) is 14.9. The van der Waals surface area contributed by atoms with Gasteiger partial charge in [0.05, 0.1) is 17.7 Å². The Morgan fingerprint density at radius 3 is 2.68 bits per heavy atom. The van der Waals surface area contributed by atoms with Crippen LogP contribution in [0.5, 0.6) is 5.75 Å². The fraction of sp³-hybridized carbons (Fsp3) is 0.276. The first-order valence-corrected chi connectivity index (χ1v) is 13.8. The lowest BCUT2D eigenvalue weighted by molar-refractivity contribution is -0.122. The first-order valence-electron chi connectivity index (χ1n) is 12.6. The quantitative estimate of drug-likeness (QED) is 0.120. The summed E-state index contributed by atoms with van der Waals surface area (Å²) in [6, 6.07) is 17.6. The van der Waals surface area contributed by atoms with Crippen LogP contribution in [-0.4, -0.2) is 38.6 Å². The van der Waals surface area contributed by atoms with E-state index in [1.54, 1.807) is 16.7 Å². The van der Waals surface area contributed by atoms with Gasteiger partial charge in [0.2, 0.25) is 0 Å². The molecule has 1 saturated heterocycles. The number of benzene rings is 2. The van der Waals surface area contributed by atoms with Crippen LogP contribution in [0.25, 0.3) is 34.2 Å². The van der Waals surface area contributed by atoms with Gasteiger partial charge in [-0.3, -0.25) is 9.69 Å². The molecule has 1 aliphatic rings. The number of aromatic nitrogens is 2. The Morgan fingerprint density at radius 1 is 1.08 bits per heavy atom. The summed E-state index contributed by atoms with van der Waals surface area (Å²) in [4.78, 5) is 15.6. The summed E-state index contributed by atoms with van der Waals surface area (Å²) in [5.74, 6) is 1.22. The molecule has 0 bridgehead atoms. The van der Waals surface area contributed by atoms with Crippen molar-refractivity contribution in [3.63, 3.8) is 0 Å². The number of para-hydroxylation sites is 2. The summed E-state index contributed by atoms with van der Waals surface area (Å²) in [7, 11) is 1.62. The van der Waals surface area contributed by atoms with Crippen molar-refractivity contribution >= 4 is 51.3 Å². The molecule has 0 unspecified atom stereocenters. The molecule has 5 rings (SSSR count). The largest absolute Gasteiger partial charge is 0.493 e. The number of ether oxygens (including phenoxy) is 1. The highest BCUT2D eigenvalue weighted by atomic mass is 32.2. The summed E-state index contributed by atoms with van der Waals surface area (Å²) in [6.07, 6.45) is 9.46. The number of unbranched alkanes of at least 4 members (excludes halogenated alkanes) is 4. The molecule has 0 spiro atoms. The first-order chi connectivity index (χ1) is 18.1. The van der Waals surface area contributed by atoms with Crippen molar-refractivity contribution in [3.05, 3.63) is 71.3 Å². The molecule has 0 aliphatic carbocycles. The van der Waals surface area contributed by atoms with Gasteiger partial charge in [0.25, 0.3) is 5.91 Å². The van der Waals surface area contributed by atoms with Crippen LogP contribution in [0.3, 0.4) is 0 Å². The Kier molecular flexibility index (Phi) is 7.76. The van der Waals surface area contributed by atoms with Crippen molar-refractivity contribution in [1.29, 1.82) is 0 Å². The van der Waals surface area contributed by atoms with E-state index in [-0.39, 0.29) is 5.91 Å². The molecule has 2 aromatic carbocycles. The Bertz CT molecular complexity index is 1460. The van der Waals surface area contributed by atoms with Crippen molar-refractivity contribution in [2.24, 2.45) is 0 Å². The fourth-order valence-electron chi connectivity index (χ4n) is 4.42. The molecule has 0 N–H and O–H groups in total. The maximum atomic E-state index is 13.3. The summed E-state index contributed by atoms with van der Waals surface area (Å²) in [5.41, 5.74) is 3.00. The van der Waals surface area contributed by atoms with Gasteiger partial charge in [-0.05, 0) is 36.8 Å². The molecular formula is C29H29N3O3S2. The van der Waals surface area contributed by atoms with Gasteiger partial charge >= 0.3 is 0 Å². The lowest BCUT2D eigenvalue weighted by Gasteiger charge is -2.13. The highest BCUT2D eigenvalue weighted by Crippen LogP contribution is 2.38. The van der Waals surface area contributed by atoms with Gasteiger partial charge in [-0.1, -0.05) is 86.9 Å². The van der Waals surface area contributed by atoms with Gasteiger partial charge in [0.1, 0.15) is 10.0 Å². The number of furan rings is 1. The average Bonchev–Trinajstić information content (AvgIpc) is 3.61. The van der Waals surface area contributed by atoms with Crippen LogP contribution in [0.4, 0.5) is 0 Å². The molecule has 6 nitrogen and oxygen atoms in total. The zero-order valence-electron chi connectivity index (χ0n) is 21.0. The molecule has 0 atom stereocenters. The number of thioether (sulfide) groups is 1. The number of amides is 1. The van der Waals surface area contributed by atoms with Gasteiger partial charge in [0, 0.05) is 23.7 Å². The predicted molar refractivity (Wildman–Crippen MR) is 154 cm³/mol. The zero-order chi connectivity index (χ0) is 25.8. The molecule has 1 aliphatic heterocycles. The summed E-state index contributed by atoms with van der Waals surface area (Å²) in [5, 5.41) is 5.78.